The molecule has 0 heterocycles. The molecular formula is C13H14BrClO3S. The van der Waals surface area contributed by atoms with Crippen LogP contribution < -0.4 is 0 Å². The molecule has 0 spiro atoms. The van der Waals surface area contributed by atoms with Crippen LogP contribution >= 0.6 is 27.5 Å². The van der Waals surface area contributed by atoms with Gasteiger partial charge in [-0.15, -0.1) is 11.6 Å². The zero-order valence-electron chi connectivity index (χ0n) is 10.1. The Hall–Kier alpha value is -0.100. The summed E-state index contributed by atoms with van der Waals surface area (Å²) in [6.45, 7) is 0. The van der Waals surface area contributed by atoms with Gasteiger partial charge in [0.05, 0.1) is 11.0 Å². The van der Waals surface area contributed by atoms with Crippen molar-refractivity contribution in [2.45, 2.75) is 35.6 Å². The second-order valence-corrected chi connectivity index (χ2v) is 8.33. The fourth-order valence-electron chi connectivity index (χ4n) is 3.09. The highest BCUT2D eigenvalue weighted by Crippen LogP contribution is 2.49. The first kappa shape index (κ1) is 13.9. The van der Waals surface area contributed by atoms with Crippen molar-refractivity contribution < 1.29 is 12.6 Å². The van der Waals surface area contributed by atoms with Crippen LogP contribution in [0.4, 0.5) is 0 Å². The molecule has 0 saturated heterocycles. The fraction of sp³-hybridized carbons (Fsp3) is 0.538. The van der Waals surface area contributed by atoms with E-state index in [1.54, 1.807) is 24.3 Å². The first-order chi connectivity index (χ1) is 8.95. The topological polar surface area (TPSA) is 43.4 Å². The second kappa shape index (κ2) is 5.02. The van der Waals surface area contributed by atoms with E-state index >= 15 is 0 Å². The monoisotopic (exact) mass is 364 g/mol. The molecule has 2 fully saturated rings. The van der Waals surface area contributed by atoms with Crippen molar-refractivity contribution in [2.75, 3.05) is 0 Å². The summed E-state index contributed by atoms with van der Waals surface area (Å²) in [6, 6.07) is 6.51. The summed E-state index contributed by atoms with van der Waals surface area (Å²) in [6.07, 6.45) is 2.42. The minimum atomic E-state index is -3.66. The second-order valence-electron chi connectivity index (χ2n) is 5.29. The van der Waals surface area contributed by atoms with Crippen LogP contribution in [-0.4, -0.2) is 19.9 Å². The van der Waals surface area contributed by atoms with Crippen LogP contribution in [0.1, 0.15) is 19.3 Å². The molecule has 4 atom stereocenters. The molecule has 19 heavy (non-hydrogen) atoms. The van der Waals surface area contributed by atoms with Gasteiger partial charge in [-0.05, 0) is 55.4 Å². The molecule has 0 amide bonds. The number of halogens is 2. The minimum Gasteiger partial charge on any atom is -0.263 e. The van der Waals surface area contributed by atoms with Gasteiger partial charge in [0.15, 0.2) is 0 Å². The highest BCUT2D eigenvalue weighted by molar-refractivity contribution is 9.10. The standard InChI is InChI=1S/C13H14BrClO3S/c14-10-1-3-11(4-2-10)19(16,17)18-13-7-8-5-9(13)6-12(8)15/h1-4,8-9,12-13H,5-7H2. The Labute approximate surface area is 126 Å². The van der Waals surface area contributed by atoms with E-state index in [-0.39, 0.29) is 22.3 Å². The molecule has 0 N–H and O–H groups in total. The van der Waals surface area contributed by atoms with Crippen molar-refractivity contribution in [3.8, 4) is 0 Å². The van der Waals surface area contributed by atoms with Crippen LogP contribution in [0.3, 0.4) is 0 Å². The maximum atomic E-state index is 12.2. The summed E-state index contributed by atoms with van der Waals surface area (Å²) >= 11 is 9.45. The quantitative estimate of drug-likeness (QED) is 0.607. The van der Waals surface area contributed by atoms with Crippen LogP contribution in [-0.2, 0) is 14.3 Å². The van der Waals surface area contributed by atoms with Gasteiger partial charge in [0.1, 0.15) is 0 Å². The molecule has 3 nitrogen and oxygen atoms in total. The van der Waals surface area contributed by atoms with E-state index in [0.29, 0.717) is 5.92 Å². The van der Waals surface area contributed by atoms with E-state index in [4.69, 9.17) is 15.8 Å². The molecule has 1 aromatic carbocycles. The zero-order chi connectivity index (χ0) is 13.6. The van der Waals surface area contributed by atoms with E-state index in [1.807, 2.05) is 0 Å². The average molecular weight is 366 g/mol. The lowest BCUT2D eigenvalue weighted by atomic mass is 9.98. The number of rotatable bonds is 3. The minimum absolute atomic E-state index is 0.195. The van der Waals surface area contributed by atoms with Gasteiger partial charge in [0, 0.05) is 9.85 Å². The molecule has 2 bridgehead atoms. The van der Waals surface area contributed by atoms with Gasteiger partial charge in [-0.2, -0.15) is 8.42 Å². The lowest BCUT2D eigenvalue weighted by Gasteiger charge is -2.24. The van der Waals surface area contributed by atoms with Gasteiger partial charge in [0.25, 0.3) is 10.1 Å². The van der Waals surface area contributed by atoms with Crippen LogP contribution in [0.5, 0.6) is 0 Å². The maximum absolute atomic E-state index is 12.2. The number of alkyl halides is 1. The highest BCUT2D eigenvalue weighted by Gasteiger charge is 2.47. The first-order valence-electron chi connectivity index (χ1n) is 6.28. The summed E-state index contributed by atoms with van der Waals surface area (Å²) < 4.78 is 30.6. The molecule has 104 valence electrons. The lowest BCUT2D eigenvalue weighted by Crippen LogP contribution is -2.27. The van der Waals surface area contributed by atoms with Gasteiger partial charge in [-0.1, -0.05) is 15.9 Å². The summed E-state index contributed by atoms with van der Waals surface area (Å²) in [5.41, 5.74) is 0. The Morgan fingerprint density at radius 2 is 1.79 bits per heavy atom. The summed E-state index contributed by atoms with van der Waals surface area (Å²) in [7, 11) is -3.66. The normalized spacial score (nSPS) is 33.8. The van der Waals surface area contributed by atoms with E-state index in [9.17, 15) is 8.42 Å². The molecule has 1 aromatic rings. The number of hydrogen-bond donors (Lipinski definition) is 0. The molecule has 2 aliphatic rings. The Bertz CT molecular complexity index is 570. The Kier molecular flexibility index (Phi) is 3.67. The van der Waals surface area contributed by atoms with Crippen LogP contribution in [0, 0.1) is 11.8 Å². The maximum Gasteiger partial charge on any atom is 0.297 e. The predicted molar refractivity (Wildman–Crippen MR) is 76.7 cm³/mol. The number of hydrogen-bond acceptors (Lipinski definition) is 3. The molecule has 2 saturated carbocycles. The molecule has 0 radical (unpaired) electrons. The van der Waals surface area contributed by atoms with Crippen LogP contribution in [0.25, 0.3) is 0 Å². The molecular weight excluding hydrogens is 352 g/mol. The molecule has 6 heteroatoms. The van der Waals surface area contributed by atoms with Crippen molar-refractivity contribution in [3.63, 3.8) is 0 Å². The molecule has 4 unspecified atom stereocenters. The third-order valence-corrected chi connectivity index (χ3v) is 6.47. The van der Waals surface area contributed by atoms with Crippen molar-refractivity contribution in [1.82, 2.24) is 0 Å². The van der Waals surface area contributed by atoms with E-state index < -0.39 is 10.1 Å². The van der Waals surface area contributed by atoms with E-state index in [2.05, 4.69) is 15.9 Å². The largest absolute Gasteiger partial charge is 0.297 e. The summed E-state index contributed by atoms with van der Waals surface area (Å²) in [4.78, 5) is 0.209. The molecule has 0 aromatic heterocycles. The zero-order valence-corrected chi connectivity index (χ0v) is 13.3. The average Bonchev–Trinajstić information content (AvgIpc) is 2.88. The fourth-order valence-corrected chi connectivity index (χ4v) is 4.93. The van der Waals surface area contributed by atoms with Gasteiger partial charge in [-0.25, -0.2) is 0 Å². The van der Waals surface area contributed by atoms with E-state index in [0.717, 1.165) is 23.7 Å². The summed E-state index contributed by atoms with van der Waals surface area (Å²) in [5.74, 6) is 0.703. The molecule has 2 aliphatic carbocycles. The van der Waals surface area contributed by atoms with Gasteiger partial charge >= 0.3 is 0 Å². The van der Waals surface area contributed by atoms with Crippen molar-refractivity contribution in [2.24, 2.45) is 11.8 Å². The summed E-state index contributed by atoms with van der Waals surface area (Å²) in [5, 5.41) is 0.195. The van der Waals surface area contributed by atoms with Gasteiger partial charge < -0.3 is 0 Å². The van der Waals surface area contributed by atoms with Gasteiger partial charge in [-0.3, -0.25) is 4.18 Å². The number of benzene rings is 1. The van der Waals surface area contributed by atoms with Crippen molar-refractivity contribution >= 4 is 37.6 Å². The van der Waals surface area contributed by atoms with Crippen molar-refractivity contribution in [3.05, 3.63) is 28.7 Å². The third kappa shape index (κ3) is 2.71. The smallest absolute Gasteiger partial charge is 0.263 e. The molecule has 3 rings (SSSR count). The Balaban J connectivity index is 1.75. The predicted octanol–water partition coefficient (Wildman–Crippen LogP) is 3.56. The van der Waals surface area contributed by atoms with Crippen LogP contribution in [0.15, 0.2) is 33.6 Å². The van der Waals surface area contributed by atoms with Crippen molar-refractivity contribution in [1.29, 1.82) is 0 Å². The Morgan fingerprint density at radius 1 is 1.11 bits per heavy atom. The lowest BCUT2D eigenvalue weighted by molar-refractivity contribution is 0.146. The number of fused-ring (bicyclic) bond motifs is 2. The third-order valence-electron chi connectivity index (χ3n) is 4.06. The molecule has 0 aliphatic heterocycles. The van der Waals surface area contributed by atoms with Gasteiger partial charge in [0.2, 0.25) is 0 Å². The Morgan fingerprint density at radius 3 is 2.32 bits per heavy atom. The SMILES string of the molecule is O=S(=O)(OC1CC2CC1CC2Cl)c1ccc(Br)cc1. The highest BCUT2D eigenvalue weighted by atomic mass is 79.9. The first-order valence-corrected chi connectivity index (χ1v) is 8.92. The van der Waals surface area contributed by atoms with Crippen LogP contribution in [0.2, 0.25) is 0 Å². The van der Waals surface area contributed by atoms with E-state index in [1.165, 1.54) is 0 Å².